The first-order chi connectivity index (χ1) is 8.33. The zero-order chi connectivity index (χ0) is 12.1. The van der Waals surface area contributed by atoms with Crippen LogP contribution in [-0.4, -0.2) is 29.2 Å². The molecule has 0 aromatic heterocycles. The van der Waals surface area contributed by atoms with Crippen LogP contribution in [0.2, 0.25) is 0 Å². The lowest BCUT2D eigenvalue weighted by Crippen LogP contribution is -2.24. The van der Waals surface area contributed by atoms with E-state index in [0.717, 1.165) is 16.2 Å². The largest absolute Gasteiger partial charge is 0.342 e. The topological polar surface area (TPSA) is 18.5 Å². The van der Waals surface area contributed by atoms with E-state index in [1.165, 1.54) is 0 Å². The minimum atomic E-state index is -0.250. The van der Waals surface area contributed by atoms with Crippen LogP contribution in [0.3, 0.4) is 0 Å². The Kier molecular flexibility index (Phi) is 5.22. The van der Waals surface area contributed by atoms with Crippen molar-refractivity contribution in [2.45, 2.75) is 18.5 Å². The van der Waals surface area contributed by atoms with Crippen LogP contribution in [0.4, 0.5) is 0 Å². The van der Waals surface area contributed by atoms with Gasteiger partial charge in [0.05, 0.1) is 12.2 Å². The quantitative estimate of drug-likeness (QED) is 0.763. The summed E-state index contributed by atoms with van der Waals surface area (Å²) in [4.78, 5) is 0. The molecule has 1 aliphatic heterocycles. The summed E-state index contributed by atoms with van der Waals surface area (Å²) in [7, 11) is 0. The molecule has 0 amide bonds. The lowest BCUT2D eigenvalue weighted by molar-refractivity contribution is -0.0225. The second-order valence-electron chi connectivity index (χ2n) is 3.80. The number of alkyl halides is 2. The van der Waals surface area contributed by atoms with Gasteiger partial charge in [-0.2, -0.15) is 0 Å². The number of ether oxygens (including phenoxy) is 2. The zero-order valence-electron chi connectivity index (χ0n) is 9.26. The van der Waals surface area contributed by atoms with Crippen molar-refractivity contribution in [3.05, 3.63) is 42.0 Å². The van der Waals surface area contributed by atoms with E-state index in [-0.39, 0.29) is 18.5 Å². The number of rotatable bonds is 4. The Morgan fingerprint density at radius 3 is 2.12 bits per heavy atom. The van der Waals surface area contributed by atoms with Crippen LogP contribution in [0.25, 0.3) is 6.08 Å². The SMILES string of the molecule is BrC[C@@H]1OC(/C=C/c2ccccc2)O[C@H]1CBr. The molecule has 17 heavy (non-hydrogen) atoms. The van der Waals surface area contributed by atoms with Crippen molar-refractivity contribution in [2.75, 3.05) is 10.7 Å². The summed E-state index contributed by atoms with van der Waals surface area (Å²) in [5.41, 5.74) is 1.15. The first-order valence-corrected chi connectivity index (χ1v) is 7.74. The van der Waals surface area contributed by atoms with Gasteiger partial charge in [0.15, 0.2) is 6.29 Å². The molecule has 92 valence electrons. The Morgan fingerprint density at radius 1 is 1.00 bits per heavy atom. The normalized spacial score (nSPS) is 25.8. The van der Waals surface area contributed by atoms with Crippen LogP contribution in [0.5, 0.6) is 0 Å². The van der Waals surface area contributed by atoms with Crippen LogP contribution < -0.4 is 0 Å². The fourth-order valence-electron chi connectivity index (χ4n) is 1.67. The molecule has 0 bridgehead atoms. The second-order valence-corrected chi connectivity index (χ2v) is 5.09. The van der Waals surface area contributed by atoms with Gasteiger partial charge in [0.1, 0.15) is 0 Å². The molecule has 1 aromatic carbocycles. The summed E-state index contributed by atoms with van der Waals surface area (Å²) < 4.78 is 11.5. The summed E-state index contributed by atoms with van der Waals surface area (Å²) in [6.45, 7) is 0. The van der Waals surface area contributed by atoms with Gasteiger partial charge in [-0.1, -0.05) is 68.3 Å². The maximum Gasteiger partial charge on any atom is 0.178 e. The van der Waals surface area contributed by atoms with E-state index in [1.807, 2.05) is 30.4 Å². The molecule has 0 aliphatic carbocycles. The molecule has 2 atom stereocenters. The predicted octanol–water partition coefficient (Wildman–Crippen LogP) is 3.60. The average Bonchev–Trinajstić information content (AvgIpc) is 2.80. The van der Waals surface area contributed by atoms with Gasteiger partial charge in [0, 0.05) is 10.7 Å². The van der Waals surface area contributed by atoms with Crippen LogP contribution in [-0.2, 0) is 9.47 Å². The van der Waals surface area contributed by atoms with Crippen molar-refractivity contribution in [1.29, 1.82) is 0 Å². The minimum absolute atomic E-state index is 0.111. The number of hydrogen-bond donors (Lipinski definition) is 0. The molecule has 0 N–H and O–H groups in total. The standard InChI is InChI=1S/C13H14Br2O2/c14-8-11-12(9-15)17-13(16-11)7-6-10-4-2-1-3-5-10/h1-7,11-13H,8-9H2/b7-6+/t11-,12-/m0/s1. The first-order valence-electron chi connectivity index (χ1n) is 5.49. The highest BCUT2D eigenvalue weighted by molar-refractivity contribution is 9.09. The fourth-order valence-corrected chi connectivity index (χ4v) is 2.81. The molecule has 1 aliphatic rings. The predicted molar refractivity (Wildman–Crippen MR) is 76.6 cm³/mol. The molecule has 0 unspecified atom stereocenters. The molecule has 0 radical (unpaired) electrons. The Bertz CT molecular complexity index is 355. The second kappa shape index (κ2) is 6.69. The van der Waals surface area contributed by atoms with E-state index in [9.17, 15) is 0 Å². The summed E-state index contributed by atoms with van der Waals surface area (Å²) in [6.07, 6.45) is 3.94. The van der Waals surface area contributed by atoms with E-state index in [0.29, 0.717) is 0 Å². The fraction of sp³-hybridized carbons (Fsp3) is 0.385. The van der Waals surface area contributed by atoms with Gasteiger partial charge in [-0.15, -0.1) is 0 Å². The molecule has 0 saturated carbocycles. The highest BCUT2D eigenvalue weighted by atomic mass is 79.9. The van der Waals surface area contributed by atoms with E-state index in [1.54, 1.807) is 0 Å². The number of hydrogen-bond acceptors (Lipinski definition) is 2. The lowest BCUT2D eigenvalue weighted by Gasteiger charge is -2.09. The van der Waals surface area contributed by atoms with Crippen LogP contribution >= 0.6 is 31.9 Å². The Labute approximate surface area is 118 Å². The minimum Gasteiger partial charge on any atom is -0.342 e. The monoisotopic (exact) mass is 360 g/mol. The van der Waals surface area contributed by atoms with Crippen LogP contribution in [0.1, 0.15) is 5.56 Å². The van der Waals surface area contributed by atoms with E-state index >= 15 is 0 Å². The van der Waals surface area contributed by atoms with Gasteiger partial charge >= 0.3 is 0 Å². The highest BCUT2D eigenvalue weighted by Crippen LogP contribution is 2.23. The van der Waals surface area contributed by atoms with Crippen LogP contribution in [0.15, 0.2) is 36.4 Å². The highest BCUT2D eigenvalue weighted by Gasteiger charge is 2.33. The van der Waals surface area contributed by atoms with Crippen molar-refractivity contribution >= 4 is 37.9 Å². The summed E-state index contributed by atoms with van der Waals surface area (Å²) in [5.74, 6) is 0. The molecule has 4 heteroatoms. The molecule has 1 fully saturated rings. The van der Waals surface area contributed by atoms with Gasteiger partial charge in [0.2, 0.25) is 0 Å². The van der Waals surface area contributed by atoms with Crippen LogP contribution in [0, 0.1) is 0 Å². The molecule has 0 spiro atoms. The van der Waals surface area contributed by atoms with Gasteiger partial charge in [-0.25, -0.2) is 0 Å². The molecule has 1 aromatic rings. The maximum atomic E-state index is 5.75. The number of benzene rings is 1. The third-order valence-electron chi connectivity index (χ3n) is 2.58. The van der Waals surface area contributed by atoms with Gasteiger partial charge in [-0.05, 0) is 11.6 Å². The van der Waals surface area contributed by atoms with Gasteiger partial charge < -0.3 is 9.47 Å². The van der Waals surface area contributed by atoms with E-state index in [4.69, 9.17) is 9.47 Å². The molecule has 1 heterocycles. The smallest absolute Gasteiger partial charge is 0.178 e. The summed E-state index contributed by atoms with van der Waals surface area (Å²) in [5, 5.41) is 1.58. The molecular weight excluding hydrogens is 348 g/mol. The van der Waals surface area contributed by atoms with Crippen molar-refractivity contribution in [3.63, 3.8) is 0 Å². The van der Waals surface area contributed by atoms with Crippen molar-refractivity contribution < 1.29 is 9.47 Å². The Morgan fingerprint density at radius 2 is 1.59 bits per heavy atom. The summed E-state index contributed by atoms with van der Waals surface area (Å²) in [6, 6.07) is 10.1. The molecule has 2 rings (SSSR count). The average molecular weight is 362 g/mol. The van der Waals surface area contributed by atoms with Gasteiger partial charge in [-0.3, -0.25) is 0 Å². The first kappa shape index (κ1) is 13.3. The molecule has 1 saturated heterocycles. The Hall–Kier alpha value is -0.160. The Balaban J connectivity index is 1.95. The maximum absolute atomic E-state index is 5.75. The molecule has 2 nitrogen and oxygen atoms in total. The third-order valence-corrected chi connectivity index (χ3v) is 3.86. The third kappa shape index (κ3) is 3.65. The van der Waals surface area contributed by atoms with Crippen molar-refractivity contribution in [2.24, 2.45) is 0 Å². The van der Waals surface area contributed by atoms with Crippen molar-refractivity contribution in [3.8, 4) is 0 Å². The van der Waals surface area contributed by atoms with E-state index in [2.05, 4.69) is 44.0 Å². The number of halogens is 2. The molecular formula is C13H14Br2O2. The van der Waals surface area contributed by atoms with E-state index < -0.39 is 0 Å². The zero-order valence-corrected chi connectivity index (χ0v) is 12.4. The van der Waals surface area contributed by atoms with Gasteiger partial charge in [0.25, 0.3) is 0 Å². The van der Waals surface area contributed by atoms with Crippen molar-refractivity contribution in [1.82, 2.24) is 0 Å². The summed E-state index contributed by atoms with van der Waals surface area (Å²) >= 11 is 6.86. The lowest BCUT2D eigenvalue weighted by atomic mass is 10.2.